The number of carbonyl (C=O) groups is 1. The molecule has 1 aromatic carbocycles. The van der Waals surface area contributed by atoms with E-state index in [-0.39, 0.29) is 11.8 Å². The molecule has 3 N–H and O–H groups in total. The van der Waals surface area contributed by atoms with E-state index in [1.54, 1.807) is 6.92 Å². The van der Waals surface area contributed by atoms with Gasteiger partial charge in [0.15, 0.2) is 0 Å². The maximum Gasteiger partial charge on any atom is 0.248 e. The van der Waals surface area contributed by atoms with Gasteiger partial charge in [-0.05, 0) is 56.8 Å². The number of aliphatic hydroxyl groups is 1. The van der Waals surface area contributed by atoms with Crippen LogP contribution in [0.4, 0.5) is 0 Å². The summed E-state index contributed by atoms with van der Waals surface area (Å²) in [6.45, 7) is 4.00. The van der Waals surface area contributed by atoms with Crippen molar-refractivity contribution in [1.82, 2.24) is 10.6 Å². The minimum absolute atomic E-state index is 0.131. The summed E-state index contributed by atoms with van der Waals surface area (Å²) in [6, 6.07) is 7.48. The van der Waals surface area contributed by atoms with Gasteiger partial charge in [-0.2, -0.15) is 0 Å². The van der Waals surface area contributed by atoms with Crippen molar-refractivity contribution in [2.75, 3.05) is 26.7 Å². The van der Waals surface area contributed by atoms with Gasteiger partial charge in [-0.3, -0.25) is 4.79 Å². The third kappa shape index (κ3) is 5.42. The number of hydrogen-bond donors (Lipinski definition) is 3. The van der Waals surface area contributed by atoms with Crippen molar-refractivity contribution in [3.8, 4) is 0 Å². The van der Waals surface area contributed by atoms with Gasteiger partial charge in [0, 0.05) is 31.1 Å². The normalized spacial score (nSPS) is 21.4. The van der Waals surface area contributed by atoms with Gasteiger partial charge in [-0.25, -0.2) is 0 Å². The van der Waals surface area contributed by atoms with Crippen LogP contribution in [0.2, 0.25) is 5.02 Å². The topological polar surface area (TPSA) is 70.6 Å². The highest BCUT2D eigenvalue weighted by atomic mass is 35.5. The molecule has 3 atom stereocenters. The summed E-state index contributed by atoms with van der Waals surface area (Å²) in [5.41, 5.74) is -0.0964. The van der Waals surface area contributed by atoms with Crippen LogP contribution in [-0.2, 0) is 15.1 Å². The van der Waals surface area contributed by atoms with E-state index in [1.165, 1.54) is 7.11 Å². The number of nitrogens with one attached hydrogen (secondary N) is 2. The molecule has 5 nitrogen and oxygen atoms in total. The molecule has 1 heterocycles. The first-order valence-electron chi connectivity index (χ1n) is 8.97. The molecule has 1 aliphatic heterocycles. The van der Waals surface area contributed by atoms with E-state index in [0.29, 0.717) is 24.4 Å². The lowest BCUT2D eigenvalue weighted by Gasteiger charge is -2.39. The standard InChI is InChI=1S/C19H29ClN2O3/c1-14(25-2)18(23)22-11-5-9-19(24,16-7-4-10-21-13-16)15-6-3-8-17(20)12-15/h3,6,8,12,14,16,21,24H,4-5,7,9-11,13H2,1-2H3,(H,22,23)/t14-,16+,19+/m0/s1. The van der Waals surface area contributed by atoms with Crippen LogP contribution in [0.1, 0.15) is 38.2 Å². The monoisotopic (exact) mass is 368 g/mol. The number of benzene rings is 1. The fourth-order valence-electron chi connectivity index (χ4n) is 3.42. The van der Waals surface area contributed by atoms with Crippen LogP contribution in [0.3, 0.4) is 0 Å². The Hall–Kier alpha value is -1.14. The van der Waals surface area contributed by atoms with Crippen molar-refractivity contribution in [3.63, 3.8) is 0 Å². The maximum absolute atomic E-state index is 11.8. The second-order valence-electron chi connectivity index (χ2n) is 6.75. The van der Waals surface area contributed by atoms with Gasteiger partial charge in [-0.15, -0.1) is 0 Å². The lowest BCUT2D eigenvalue weighted by molar-refractivity contribution is -0.130. The molecule has 25 heavy (non-hydrogen) atoms. The number of carbonyl (C=O) groups excluding carboxylic acids is 1. The molecule has 2 rings (SSSR count). The Morgan fingerprint density at radius 3 is 3.00 bits per heavy atom. The summed E-state index contributed by atoms with van der Waals surface area (Å²) >= 11 is 6.15. The number of ether oxygens (including phenoxy) is 1. The number of methoxy groups -OCH3 is 1. The first-order chi connectivity index (χ1) is 12.0. The van der Waals surface area contributed by atoms with Crippen LogP contribution in [0, 0.1) is 5.92 Å². The van der Waals surface area contributed by atoms with Crippen molar-refractivity contribution >= 4 is 17.5 Å². The lowest BCUT2D eigenvalue weighted by atomic mass is 9.74. The molecule has 0 aliphatic carbocycles. The Morgan fingerprint density at radius 2 is 2.36 bits per heavy atom. The van der Waals surface area contributed by atoms with Crippen molar-refractivity contribution in [2.45, 2.75) is 44.3 Å². The van der Waals surface area contributed by atoms with E-state index in [2.05, 4.69) is 10.6 Å². The number of halogens is 1. The summed E-state index contributed by atoms with van der Waals surface area (Å²) in [5, 5.41) is 18.4. The average Bonchev–Trinajstić information content (AvgIpc) is 2.64. The third-order valence-electron chi connectivity index (χ3n) is 5.05. The van der Waals surface area contributed by atoms with Crippen LogP contribution < -0.4 is 10.6 Å². The summed E-state index contributed by atoms with van der Waals surface area (Å²) in [4.78, 5) is 11.8. The average molecular weight is 369 g/mol. The van der Waals surface area contributed by atoms with Gasteiger partial charge in [-0.1, -0.05) is 23.7 Å². The zero-order valence-corrected chi connectivity index (χ0v) is 15.8. The Kier molecular flexibility index (Phi) is 7.69. The largest absolute Gasteiger partial charge is 0.385 e. The second kappa shape index (κ2) is 9.53. The minimum atomic E-state index is -0.948. The van der Waals surface area contributed by atoms with Crippen molar-refractivity contribution in [3.05, 3.63) is 34.9 Å². The smallest absolute Gasteiger partial charge is 0.248 e. The Labute approximate surface area is 155 Å². The molecule has 0 saturated carbocycles. The molecule has 0 bridgehead atoms. The van der Waals surface area contributed by atoms with Crippen LogP contribution in [-0.4, -0.2) is 43.9 Å². The van der Waals surface area contributed by atoms with Gasteiger partial charge in [0.05, 0.1) is 5.60 Å². The van der Waals surface area contributed by atoms with E-state index < -0.39 is 11.7 Å². The van der Waals surface area contributed by atoms with Crippen molar-refractivity contribution in [1.29, 1.82) is 0 Å². The maximum atomic E-state index is 11.8. The lowest BCUT2D eigenvalue weighted by Crippen LogP contribution is -2.45. The number of piperidine rings is 1. The summed E-state index contributed by atoms with van der Waals surface area (Å²) < 4.78 is 5.00. The van der Waals surface area contributed by atoms with Gasteiger partial charge in [0.1, 0.15) is 6.10 Å². The first-order valence-corrected chi connectivity index (χ1v) is 9.35. The molecule has 140 valence electrons. The van der Waals surface area contributed by atoms with Crippen LogP contribution in [0.25, 0.3) is 0 Å². The van der Waals surface area contributed by atoms with Crippen molar-refractivity contribution < 1.29 is 14.6 Å². The molecule has 0 aromatic heterocycles. The number of rotatable bonds is 8. The Bertz CT molecular complexity index is 563. The summed E-state index contributed by atoms with van der Waals surface area (Å²) in [6.07, 6.45) is 2.82. The van der Waals surface area contributed by atoms with Crippen LogP contribution in [0.5, 0.6) is 0 Å². The summed E-state index contributed by atoms with van der Waals surface area (Å²) in [5.74, 6) is 0.00134. The highest BCUT2D eigenvalue weighted by Gasteiger charge is 2.38. The van der Waals surface area contributed by atoms with Gasteiger partial charge in [0.2, 0.25) is 5.91 Å². The number of hydrogen-bond acceptors (Lipinski definition) is 4. The van der Waals surface area contributed by atoms with Gasteiger partial charge >= 0.3 is 0 Å². The molecule has 0 unspecified atom stereocenters. The van der Waals surface area contributed by atoms with Crippen molar-refractivity contribution in [2.24, 2.45) is 5.92 Å². The van der Waals surface area contributed by atoms with E-state index in [1.807, 2.05) is 24.3 Å². The zero-order valence-electron chi connectivity index (χ0n) is 15.1. The Balaban J connectivity index is 2.03. The molecule has 1 aromatic rings. The fourth-order valence-corrected chi connectivity index (χ4v) is 3.61. The number of amides is 1. The first kappa shape index (κ1) is 20.2. The minimum Gasteiger partial charge on any atom is -0.385 e. The predicted octanol–water partition coefficient (Wildman–Crippen LogP) is 2.46. The zero-order chi connectivity index (χ0) is 18.3. The van der Waals surface area contributed by atoms with E-state index in [9.17, 15) is 9.90 Å². The second-order valence-corrected chi connectivity index (χ2v) is 7.19. The van der Waals surface area contributed by atoms with E-state index in [0.717, 1.165) is 31.5 Å². The Morgan fingerprint density at radius 1 is 1.56 bits per heavy atom. The molecular weight excluding hydrogens is 340 g/mol. The molecule has 0 spiro atoms. The third-order valence-corrected chi connectivity index (χ3v) is 5.29. The molecule has 1 amide bonds. The van der Waals surface area contributed by atoms with Crippen LogP contribution >= 0.6 is 11.6 Å². The molecular formula is C19H29ClN2O3. The SMILES string of the molecule is CO[C@@H](C)C(=O)NCCC[C@@](O)(c1cccc(Cl)c1)[C@@H]1CCCNC1. The van der Waals surface area contributed by atoms with Crippen LogP contribution in [0.15, 0.2) is 24.3 Å². The highest BCUT2D eigenvalue weighted by Crippen LogP contribution is 2.38. The molecule has 6 heteroatoms. The molecule has 1 fully saturated rings. The van der Waals surface area contributed by atoms with Gasteiger partial charge < -0.3 is 20.5 Å². The predicted molar refractivity (Wildman–Crippen MR) is 99.7 cm³/mol. The molecule has 1 aliphatic rings. The quantitative estimate of drug-likeness (QED) is 0.616. The van der Waals surface area contributed by atoms with E-state index >= 15 is 0 Å². The fraction of sp³-hybridized carbons (Fsp3) is 0.632. The molecule has 0 radical (unpaired) electrons. The summed E-state index contributed by atoms with van der Waals surface area (Å²) in [7, 11) is 1.51. The van der Waals surface area contributed by atoms with E-state index in [4.69, 9.17) is 16.3 Å². The van der Waals surface area contributed by atoms with Gasteiger partial charge in [0.25, 0.3) is 0 Å². The highest BCUT2D eigenvalue weighted by molar-refractivity contribution is 6.30. The molecule has 1 saturated heterocycles.